The van der Waals surface area contributed by atoms with E-state index in [1.807, 2.05) is 0 Å². The first kappa shape index (κ1) is 15.2. The molecule has 2 N–H and O–H groups in total. The summed E-state index contributed by atoms with van der Waals surface area (Å²) >= 11 is 0. The Kier molecular flexibility index (Phi) is 3.95. The summed E-state index contributed by atoms with van der Waals surface area (Å²) in [4.78, 5) is 2.94. The molecule has 0 amide bonds. The maximum Gasteiger partial charge on any atom is 0.0179 e. The summed E-state index contributed by atoms with van der Waals surface area (Å²) in [5.41, 5.74) is 0.530. The van der Waals surface area contributed by atoms with Crippen LogP contribution in [0, 0.1) is 17.3 Å². The monoisotopic (exact) mass is 317 g/mol. The van der Waals surface area contributed by atoms with Crippen LogP contribution >= 0.6 is 0 Å². The number of nitrogens with one attached hydrogen (secondary N) is 2. The summed E-state index contributed by atoms with van der Waals surface area (Å²) in [6, 6.07) is 2.51. The Morgan fingerprint density at radius 1 is 0.826 bits per heavy atom. The molecule has 1 saturated carbocycles. The first-order valence-corrected chi connectivity index (χ1v) is 10.6. The molecule has 3 heteroatoms. The van der Waals surface area contributed by atoms with E-state index in [-0.39, 0.29) is 0 Å². The van der Waals surface area contributed by atoms with Crippen LogP contribution in [0.5, 0.6) is 0 Å². The predicted molar refractivity (Wildman–Crippen MR) is 94.5 cm³/mol. The fourth-order valence-electron chi connectivity index (χ4n) is 7.36. The van der Waals surface area contributed by atoms with Crippen molar-refractivity contribution in [3.63, 3.8) is 0 Å². The van der Waals surface area contributed by atoms with Crippen molar-refractivity contribution in [2.45, 2.75) is 82.3 Å². The topological polar surface area (TPSA) is 27.3 Å². The molecule has 6 atom stereocenters. The normalized spacial score (nSPS) is 50.9. The molecule has 5 rings (SSSR count). The summed E-state index contributed by atoms with van der Waals surface area (Å²) in [6.45, 7) is 5.30. The lowest BCUT2D eigenvalue weighted by Gasteiger charge is -2.64. The van der Waals surface area contributed by atoms with E-state index >= 15 is 0 Å². The largest absolute Gasteiger partial charge is 0.313 e. The number of hydrogen-bond acceptors (Lipinski definition) is 3. The van der Waals surface area contributed by atoms with E-state index in [0.29, 0.717) is 5.41 Å². The molecule has 1 aliphatic carbocycles. The molecule has 130 valence electrons. The molecule has 2 bridgehead atoms. The van der Waals surface area contributed by atoms with Crippen molar-refractivity contribution < 1.29 is 0 Å². The minimum Gasteiger partial charge on any atom is -0.313 e. The Bertz CT molecular complexity index is 431. The third-order valence-electron chi connectivity index (χ3n) is 8.16. The van der Waals surface area contributed by atoms with Gasteiger partial charge >= 0.3 is 0 Å². The van der Waals surface area contributed by atoms with Crippen molar-refractivity contribution >= 4 is 0 Å². The van der Waals surface area contributed by atoms with Crippen molar-refractivity contribution in [2.75, 3.05) is 26.2 Å². The second-order valence-corrected chi connectivity index (χ2v) is 9.30. The van der Waals surface area contributed by atoms with Crippen LogP contribution in [0.25, 0.3) is 0 Å². The summed E-state index contributed by atoms with van der Waals surface area (Å²) in [7, 11) is 0. The molecule has 4 aliphatic heterocycles. The molecule has 0 aromatic carbocycles. The maximum absolute atomic E-state index is 4.04. The molecule has 5 aliphatic rings. The Hall–Kier alpha value is -0.120. The summed E-state index contributed by atoms with van der Waals surface area (Å²) in [6.07, 6.45) is 14.6. The highest BCUT2D eigenvalue weighted by Crippen LogP contribution is 2.55. The Labute approximate surface area is 142 Å². The quantitative estimate of drug-likeness (QED) is 0.779. The lowest BCUT2D eigenvalue weighted by molar-refractivity contribution is -0.117. The van der Waals surface area contributed by atoms with Crippen LogP contribution in [-0.4, -0.2) is 49.2 Å². The number of nitrogens with zero attached hydrogens (tertiary/aromatic N) is 1. The first-order chi connectivity index (χ1) is 11.4. The van der Waals surface area contributed by atoms with E-state index in [9.17, 15) is 0 Å². The highest BCUT2D eigenvalue weighted by molar-refractivity contribution is 5.14. The van der Waals surface area contributed by atoms with Crippen LogP contribution < -0.4 is 10.6 Å². The lowest BCUT2D eigenvalue weighted by Crippen LogP contribution is -2.72. The Balaban J connectivity index is 1.50. The van der Waals surface area contributed by atoms with Gasteiger partial charge in [0.1, 0.15) is 0 Å². The van der Waals surface area contributed by atoms with Gasteiger partial charge in [0.25, 0.3) is 0 Å². The van der Waals surface area contributed by atoms with Gasteiger partial charge in [-0.05, 0) is 82.8 Å². The average molecular weight is 318 g/mol. The van der Waals surface area contributed by atoms with E-state index in [1.165, 1.54) is 90.4 Å². The van der Waals surface area contributed by atoms with Crippen molar-refractivity contribution in [1.82, 2.24) is 15.5 Å². The second-order valence-electron chi connectivity index (χ2n) is 9.30. The SMILES string of the molecule is C1CC[C@@H]([C@]23C[C@H](C[C@@H]4CCCN[C@H]42)[C@H]2CCCCN2C3)NC1. The van der Waals surface area contributed by atoms with Crippen molar-refractivity contribution in [2.24, 2.45) is 17.3 Å². The molecule has 0 aromatic rings. The molecule has 23 heavy (non-hydrogen) atoms. The van der Waals surface area contributed by atoms with E-state index < -0.39 is 0 Å². The Morgan fingerprint density at radius 3 is 2.65 bits per heavy atom. The number of fused-ring (bicyclic) bond motifs is 6. The van der Waals surface area contributed by atoms with Gasteiger partial charge in [0.15, 0.2) is 0 Å². The minimum atomic E-state index is 0.530. The van der Waals surface area contributed by atoms with Crippen molar-refractivity contribution in [1.29, 1.82) is 0 Å². The fraction of sp³-hybridized carbons (Fsp3) is 1.00. The smallest absolute Gasteiger partial charge is 0.0179 e. The van der Waals surface area contributed by atoms with Gasteiger partial charge in [0, 0.05) is 30.1 Å². The van der Waals surface area contributed by atoms with E-state index in [4.69, 9.17) is 0 Å². The Morgan fingerprint density at radius 2 is 1.74 bits per heavy atom. The molecular weight excluding hydrogens is 282 g/mol. The fourth-order valence-corrected chi connectivity index (χ4v) is 7.36. The lowest BCUT2D eigenvalue weighted by atomic mass is 9.52. The molecular formula is C20H35N3. The van der Waals surface area contributed by atoms with Crippen LogP contribution in [0.4, 0.5) is 0 Å². The zero-order valence-electron chi connectivity index (χ0n) is 14.7. The maximum atomic E-state index is 4.04. The second kappa shape index (κ2) is 6.00. The number of rotatable bonds is 1. The van der Waals surface area contributed by atoms with Crippen LogP contribution in [0.1, 0.15) is 64.2 Å². The van der Waals surface area contributed by atoms with Crippen molar-refractivity contribution in [3.05, 3.63) is 0 Å². The average Bonchev–Trinajstić information content (AvgIpc) is 2.63. The molecule has 3 nitrogen and oxygen atoms in total. The highest BCUT2D eigenvalue weighted by Gasteiger charge is 2.58. The van der Waals surface area contributed by atoms with E-state index in [1.54, 1.807) is 0 Å². The molecule has 0 unspecified atom stereocenters. The van der Waals surface area contributed by atoms with Gasteiger partial charge in [-0.25, -0.2) is 0 Å². The van der Waals surface area contributed by atoms with Crippen LogP contribution in [0.2, 0.25) is 0 Å². The minimum absolute atomic E-state index is 0.530. The van der Waals surface area contributed by atoms with E-state index in [2.05, 4.69) is 15.5 Å². The van der Waals surface area contributed by atoms with Crippen LogP contribution in [0.3, 0.4) is 0 Å². The molecule has 0 radical (unpaired) electrons. The van der Waals surface area contributed by atoms with Gasteiger partial charge < -0.3 is 10.6 Å². The predicted octanol–water partition coefficient (Wildman–Crippen LogP) is 2.76. The van der Waals surface area contributed by atoms with Gasteiger partial charge in [-0.1, -0.05) is 12.8 Å². The molecule has 4 heterocycles. The zero-order valence-corrected chi connectivity index (χ0v) is 14.7. The molecule has 5 fully saturated rings. The standard InChI is InChI=1S/C20H35N3/c1-3-9-21-18(8-1)20-13-16(12-15-6-5-10-22-19(15)20)17-7-2-4-11-23(17)14-20/h15-19,21-22H,1-14H2/t15-,16-,17+,18-,19+,20+/m0/s1. The van der Waals surface area contributed by atoms with Gasteiger partial charge in [0.05, 0.1) is 0 Å². The highest BCUT2D eigenvalue weighted by atomic mass is 15.2. The number of hydrogen-bond donors (Lipinski definition) is 2. The molecule has 4 saturated heterocycles. The number of piperidine rings is 4. The summed E-state index contributed by atoms with van der Waals surface area (Å²) in [5, 5.41) is 8.04. The summed E-state index contributed by atoms with van der Waals surface area (Å²) < 4.78 is 0. The zero-order chi connectivity index (χ0) is 15.3. The molecule has 0 spiro atoms. The van der Waals surface area contributed by atoms with E-state index in [0.717, 1.165) is 30.0 Å². The summed E-state index contributed by atoms with van der Waals surface area (Å²) in [5.74, 6) is 1.96. The third-order valence-corrected chi connectivity index (χ3v) is 8.16. The van der Waals surface area contributed by atoms with Gasteiger partial charge in [-0.3, -0.25) is 4.90 Å². The van der Waals surface area contributed by atoms with Crippen LogP contribution in [-0.2, 0) is 0 Å². The van der Waals surface area contributed by atoms with Crippen LogP contribution in [0.15, 0.2) is 0 Å². The third kappa shape index (κ3) is 2.41. The van der Waals surface area contributed by atoms with Gasteiger partial charge in [-0.15, -0.1) is 0 Å². The van der Waals surface area contributed by atoms with Crippen molar-refractivity contribution in [3.8, 4) is 0 Å². The van der Waals surface area contributed by atoms with Gasteiger partial charge in [-0.2, -0.15) is 0 Å². The first-order valence-electron chi connectivity index (χ1n) is 10.6. The van der Waals surface area contributed by atoms with Gasteiger partial charge in [0.2, 0.25) is 0 Å². The molecule has 0 aromatic heterocycles.